The fraction of sp³-hybridized carbons (Fsp3) is 0.409. The van der Waals surface area contributed by atoms with Gasteiger partial charge in [0.2, 0.25) is 0 Å². The molecule has 34 heavy (non-hydrogen) atoms. The summed E-state index contributed by atoms with van der Waals surface area (Å²) < 4.78 is 49.9. The summed E-state index contributed by atoms with van der Waals surface area (Å²) in [7, 11) is -2.08. The monoisotopic (exact) mass is 488 g/mol. The molecular weight excluding hydrogens is 463 g/mol. The molecule has 2 fully saturated rings. The minimum Gasteiger partial charge on any atom is -0.358 e. The van der Waals surface area contributed by atoms with Gasteiger partial charge in [-0.05, 0) is 37.8 Å². The first-order valence-corrected chi connectivity index (χ1v) is 12.6. The lowest BCUT2D eigenvalue weighted by Gasteiger charge is -2.25. The second kappa shape index (κ2) is 8.93. The van der Waals surface area contributed by atoms with E-state index in [0.29, 0.717) is 36.5 Å². The molecule has 0 spiro atoms. The highest BCUT2D eigenvalue weighted by Gasteiger charge is 2.29. The Morgan fingerprint density at radius 3 is 2.76 bits per heavy atom. The number of nitrogens with one attached hydrogen (secondary N) is 2. The Labute approximate surface area is 196 Å². The number of fused-ring (bicyclic) bond motifs is 1. The highest BCUT2D eigenvalue weighted by molar-refractivity contribution is 7.90. The molecule has 12 heteroatoms. The number of ketones is 1. The van der Waals surface area contributed by atoms with E-state index >= 15 is 4.39 Å². The van der Waals surface area contributed by atoms with Gasteiger partial charge in [0.1, 0.15) is 24.0 Å². The predicted octanol–water partition coefficient (Wildman–Crippen LogP) is 2.65. The first-order valence-electron chi connectivity index (χ1n) is 11.1. The molecule has 2 aliphatic heterocycles. The molecule has 0 amide bonds. The van der Waals surface area contributed by atoms with Crippen LogP contribution in [0.15, 0.2) is 30.7 Å². The number of H-pyrrole nitrogens is 1. The van der Waals surface area contributed by atoms with Crippen LogP contribution in [-0.4, -0.2) is 66.4 Å². The van der Waals surface area contributed by atoms with Gasteiger partial charge in [-0.15, -0.1) is 0 Å². The number of benzene rings is 1. The second-order valence-electron chi connectivity index (χ2n) is 8.41. The van der Waals surface area contributed by atoms with E-state index in [1.165, 1.54) is 35.0 Å². The first kappa shape index (κ1) is 22.7. The Balaban J connectivity index is 1.51. The number of hydrogen-bond donors (Lipinski definition) is 2. The summed E-state index contributed by atoms with van der Waals surface area (Å²) in [4.78, 5) is 26.8. The molecule has 0 aliphatic carbocycles. The summed E-state index contributed by atoms with van der Waals surface area (Å²) in [5.41, 5.74) is 0.0982. The normalized spacial score (nSPS) is 19.1. The second-order valence-corrected chi connectivity index (χ2v) is 10.1. The fourth-order valence-electron chi connectivity index (χ4n) is 4.46. The van der Waals surface area contributed by atoms with E-state index in [0.717, 1.165) is 25.7 Å². The van der Waals surface area contributed by atoms with Gasteiger partial charge in [-0.2, -0.15) is 12.7 Å². The standard InChI is InChI=1S/C22H25FN6O4S/c1-28(17-8-5-11-33-17)22-18-15(12-24-21(18)25-13-26-22)20(30)14-6-4-7-16(19(14)23)27-34(31,32)29-9-2-3-10-29/h4,6-7,12-13,17,27H,2-3,5,8-11H2,1H3,(H,24,25,26)/t17-/m0/s1. The van der Waals surface area contributed by atoms with Crippen LogP contribution < -0.4 is 9.62 Å². The number of carbonyl (C=O) groups excluding carboxylic acids is 1. The van der Waals surface area contributed by atoms with Crippen LogP contribution in [-0.2, 0) is 14.9 Å². The number of aromatic nitrogens is 3. The van der Waals surface area contributed by atoms with Gasteiger partial charge in [-0.3, -0.25) is 9.52 Å². The summed E-state index contributed by atoms with van der Waals surface area (Å²) in [6.45, 7) is 1.41. The number of ether oxygens (including phenoxy) is 1. The Morgan fingerprint density at radius 1 is 1.24 bits per heavy atom. The zero-order valence-electron chi connectivity index (χ0n) is 18.6. The molecule has 3 aromatic rings. The molecule has 0 bridgehead atoms. The summed E-state index contributed by atoms with van der Waals surface area (Å²) in [5, 5.41) is 0.452. The van der Waals surface area contributed by atoms with E-state index in [-0.39, 0.29) is 23.0 Å². The molecule has 1 atom stereocenters. The molecule has 1 aromatic carbocycles. The molecule has 5 rings (SSSR count). The molecule has 2 aliphatic rings. The summed E-state index contributed by atoms with van der Waals surface area (Å²) in [5.74, 6) is -1.05. The SMILES string of the molecule is CN(c1ncnc2[nH]cc(C(=O)c3cccc(NS(=O)(=O)N4CCCC4)c3F)c12)[C@@H]1CCCO1. The third kappa shape index (κ3) is 4.01. The number of anilines is 2. The topological polar surface area (TPSA) is 121 Å². The van der Waals surface area contributed by atoms with Crippen molar-refractivity contribution >= 4 is 38.5 Å². The maximum absolute atomic E-state index is 15.4. The summed E-state index contributed by atoms with van der Waals surface area (Å²) in [6, 6.07) is 4.08. The smallest absolute Gasteiger partial charge is 0.301 e. The number of halogens is 1. The van der Waals surface area contributed by atoms with Gasteiger partial charge in [0.25, 0.3) is 0 Å². The van der Waals surface area contributed by atoms with Gasteiger partial charge in [0.15, 0.2) is 11.6 Å². The van der Waals surface area contributed by atoms with Crippen LogP contribution in [0.2, 0.25) is 0 Å². The van der Waals surface area contributed by atoms with Crippen molar-refractivity contribution in [1.82, 2.24) is 19.3 Å². The lowest BCUT2D eigenvalue weighted by molar-refractivity contribution is 0.103. The highest BCUT2D eigenvalue weighted by Crippen LogP contribution is 2.32. The average molecular weight is 489 g/mol. The molecule has 2 N–H and O–H groups in total. The van der Waals surface area contributed by atoms with E-state index in [2.05, 4.69) is 19.7 Å². The first-order chi connectivity index (χ1) is 16.4. The lowest BCUT2D eigenvalue weighted by atomic mass is 10.0. The average Bonchev–Trinajstić information content (AvgIpc) is 3.61. The van der Waals surface area contributed by atoms with E-state index < -0.39 is 21.8 Å². The van der Waals surface area contributed by atoms with Gasteiger partial charge in [-0.25, -0.2) is 14.4 Å². The molecule has 2 saturated heterocycles. The molecule has 0 saturated carbocycles. The molecule has 10 nitrogen and oxygen atoms in total. The largest absolute Gasteiger partial charge is 0.358 e. The van der Waals surface area contributed by atoms with Crippen molar-refractivity contribution in [2.75, 3.05) is 36.4 Å². The predicted molar refractivity (Wildman–Crippen MR) is 124 cm³/mol. The third-order valence-electron chi connectivity index (χ3n) is 6.25. The summed E-state index contributed by atoms with van der Waals surface area (Å²) >= 11 is 0. The highest BCUT2D eigenvalue weighted by atomic mass is 32.2. The fourth-order valence-corrected chi connectivity index (χ4v) is 5.76. The van der Waals surface area contributed by atoms with Crippen LogP contribution in [0.5, 0.6) is 0 Å². The van der Waals surface area contributed by atoms with Gasteiger partial charge < -0.3 is 14.6 Å². The Bertz CT molecular complexity index is 1330. The zero-order valence-corrected chi connectivity index (χ0v) is 19.4. The Morgan fingerprint density at radius 2 is 2.03 bits per heavy atom. The third-order valence-corrected chi connectivity index (χ3v) is 7.78. The minimum absolute atomic E-state index is 0.184. The van der Waals surface area contributed by atoms with Crippen molar-refractivity contribution in [3.63, 3.8) is 0 Å². The zero-order chi connectivity index (χ0) is 23.9. The molecular formula is C22H25FN6O4S. The lowest BCUT2D eigenvalue weighted by Crippen LogP contribution is -2.33. The van der Waals surface area contributed by atoms with Crippen molar-refractivity contribution in [2.45, 2.75) is 31.9 Å². The minimum atomic E-state index is -3.91. The molecule has 0 radical (unpaired) electrons. The van der Waals surface area contributed by atoms with Crippen molar-refractivity contribution < 1.29 is 22.3 Å². The number of rotatable bonds is 7. The number of aromatic amines is 1. The van der Waals surface area contributed by atoms with Crippen molar-refractivity contribution in [2.24, 2.45) is 0 Å². The molecule has 0 unspecified atom stereocenters. The van der Waals surface area contributed by atoms with Crippen molar-refractivity contribution in [3.05, 3.63) is 47.7 Å². The van der Waals surface area contributed by atoms with Crippen molar-refractivity contribution in [1.29, 1.82) is 0 Å². The molecule has 4 heterocycles. The van der Waals surface area contributed by atoms with Crippen LogP contribution in [0, 0.1) is 5.82 Å². The van der Waals surface area contributed by atoms with E-state index in [1.807, 2.05) is 11.9 Å². The number of nitrogens with zero attached hydrogens (tertiary/aromatic N) is 4. The molecule has 180 valence electrons. The van der Waals surface area contributed by atoms with Gasteiger partial charge in [0.05, 0.1) is 22.2 Å². The quantitative estimate of drug-likeness (QED) is 0.491. The van der Waals surface area contributed by atoms with Crippen LogP contribution in [0.3, 0.4) is 0 Å². The van der Waals surface area contributed by atoms with E-state index in [9.17, 15) is 13.2 Å². The maximum atomic E-state index is 15.4. The van der Waals surface area contributed by atoms with Gasteiger partial charge in [0, 0.05) is 32.9 Å². The Kier molecular flexibility index (Phi) is 5.96. The van der Waals surface area contributed by atoms with E-state index in [1.54, 1.807) is 0 Å². The van der Waals surface area contributed by atoms with Crippen LogP contribution in [0.1, 0.15) is 41.6 Å². The van der Waals surface area contributed by atoms with Crippen molar-refractivity contribution in [3.8, 4) is 0 Å². The van der Waals surface area contributed by atoms with Crippen LogP contribution in [0.25, 0.3) is 11.0 Å². The number of hydrogen-bond acceptors (Lipinski definition) is 7. The van der Waals surface area contributed by atoms with Gasteiger partial charge >= 0.3 is 10.2 Å². The summed E-state index contributed by atoms with van der Waals surface area (Å²) in [6.07, 6.45) is 5.94. The molecule has 2 aromatic heterocycles. The van der Waals surface area contributed by atoms with Crippen LogP contribution >= 0.6 is 0 Å². The Hall–Kier alpha value is -3.09. The van der Waals surface area contributed by atoms with Crippen LogP contribution in [0.4, 0.5) is 15.9 Å². The van der Waals surface area contributed by atoms with E-state index in [4.69, 9.17) is 4.74 Å². The number of carbonyl (C=O) groups is 1. The maximum Gasteiger partial charge on any atom is 0.301 e. The van der Waals surface area contributed by atoms with Gasteiger partial charge in [-0.1, -0.05) is 6.07 Å².